The van der Waals surface area contributed by atoms with Gasteiger partial charge in [0.2, 0.25) is 0 Å². The molecule has 1 heterocycles. The van der Waals surface area contributed by atoms with Crippen molar-refractivity contribution < 1.29 is 4.39 Å². The Balaban J connectivity index is 2.76. The molecule has 0 spiro atoms. The van der Waals surface area contributed by atoms with Crippen LogP contribution in [0.5, 0.6) is 0 Å². The highest BCUT2D eigenvalue weighted by Gasteiger charge is 2.09. The SMILES string of the molecule is CCc1nc2ccc(Cl)c(F)c2s1. The van der Waals surface area contributed by atoms with E-state index in [0.29, 0.717) is 10.2 Å². The van der Waals surface area contributed by atoms with Gasteiger partial charge in [0.25, 0.3) is 0 Å². The van der Waals surface area contributed by atoms with Crippen molar-refractivity contribution in [2.24, 2.45) is 0 Å². The summed E-state index contributed by atoms with van der Waals surface area (Å²) in [5.74, 6) is -0.351. The first-order valence-corrected chi connectivity index (χ1v) is 5.15. The minimum Gasteiger partial charge on any atom is -0.241 e. The Morgan fingerprint density at radius 3 is 3.00 bits per heavy atom. The van der Waals surface area contributed by atoms with Gasteiger partial charge in [-0.2, -0.15) is 0 Å². The van der Waals surface area contributed by atoms with E-state index in [1.807, 2.05) is 6.92 Å². The molecule has 2 aromatic rings. The van der Waals surface area contributed by atoms with Crippen molar-refractivity contribution in [3.05, 3.63) is 28.0 Å². The summed E-state index contributed by atoms with van der Waals surface area (Å²) in [7, 11) is 0. The van der Waals surface area contributed by atoms with Crippen molar-refractivity contribution in [2.75, 3.05) is 0 Å². The predicted octanol–water partition coefficient (Wildman–Crippen LogP) is 3.65. The Morgan fingerprint density at radius 2 is 2.31 bits per heavy atom. The summed E-state index contributed by atoms with van der Waals surface area (Å²) in [4.78, 5) is 4.25. The molecule has 0 unspecified atom stereocenters. The maximum atomic E-state index is 13.4. The van der Waals surface area contributed by atoms with Gasteiger partial charge in [0, 0.05) is 0 Å². The van der Waals surface area contributed by atoms with Crippen molar-refractivity contribution in [1.82, 2.24) is 4.98 Å². The van der Waals surface area contributed by atoms with Crippen LogP contribution in [0.3, 0.4) is 0 Å². The number of aromatic nitrogens is 1. The van der Waals surface area contributed by atoms with Crippen LogP contribution >= 0.6 is 22.9 Å². The molecule has 0 saturated carbocycles. The number of rotatable bonds is 1. The third kappa shape index (κ3) is 1.42. The van der Waals surface area contributed by atoms with Crippen molar-refractivity contribution in [1.29, 1.82) is 0 Å². The van der Waals surface area contributed by atoms with E-state index in [4.69, 9.17) is 11.6 Å². The zero-order valence-electron chi connectivity index (χ0n) is 6.97. The molecule has 0 amide bonds. The fourth-order valence-electron chi connectivity index (χ4n) is 1.13. The molecule has 0 aliphatic carbocycles. The molecule has 0 saturated heterocycles. The van der Waals surface area contributed by atoms with Crippen LogP contribution in [0, 0.1) is 5.82 Å². The monoisotopic (exact) mass is 215 g/mol. The maximum absolute atomic E-state index is 13.4. The first kappa shape index (κ1) is 8.91. The van der Waals surface area contributed by atoms with Crippen molar-refractivity contribution in [3.63, 3.8) is 0 Å². The van der Waals surface area contributed by atoms with E-state index in [-0.39, 0.29) is 10.8 Å². The normalized spacial score (nSPS) is 11.0. The molecule has 2 rings (SSSR count). The van der Waals surface area contributed by atoms with Crippen molar-refractivity contribution in [2.45, 2.75) is 13.3 Å². The Hall–Kier alpha value is -0.670. The molecule has 68 valence electrons. The number of halogens is 2. The second-order valence-electron chi connectivity index (χ2n) is 2.67. The van der Waals surface area contributed by atoms with Crippen LogP contribution in [0.4, 0.5) is 4.39 Å². The van der Waals surface area contributed by atoms with Gasteiger partial charge in [-0.15, -0.1) is 11.3 Å². The summed E-state index contributed by atoms with van der Waals surface area (Å²) in [5.41, 5.74) is 0.698. The molecular weight excluding hydrogens is 209 g/mol. The molecule has 0 atom stereocenters. The lowest BCUT2D eigenvalue weighted by atomic mass is 10.3. The van der Waals surface area contributed by atoms with Crippen molar-refractivity contribution in [3.8, 4) is 0 Å². The molecule has 0 fully saturated rings. The molecule has 1 aromatic carbocycles. The van der Waals surface area contributed by atoms with E-state index in [9.17, 15) is 4.39 Å². The minimum absolute atomic E-state index is 0.166. The van der Waals surface area contributed by atoms with Gasteiger partial charge in [0.1, 0.15) is 0 Å². The van der Waals surface area contributed by atoms with Gasteiger partial charge in [-0.1, -0.05) is 18.5 Å². The molecular formula is C9H7ClFNS. The van der Waals surface area contributed by atoms with E-state index in [1.54, 1.807) is 12.1 Å². The summed E-state index contributed by atoms with van der Waals surface area (Å²) in [6.07, 6.45) is 0.830. The lowest BCUT2D eigenvalue weighted by Crippen LogP contribution is -1.77. The first-order chi connectivity index (χ1) is 6.22. The molecule has 0 radical (unpaired) electrons. The first-order valence-electron chi connectivity index (χ1n) is 3.95. The zero-order chi connectivity index (χ0) is 9.42. The quantitative estimate of drug-likeness (QED) is 0.708. The van der Waals surface area contributed by atoms with Crippen LogP contribution in [0.1, 0.15) is 11.9 Å². The number of nitrogens with zero attached hydrogens (tertiary/aromatic N) is 1. The predicted molar refractivity (Wildman–Crippen MR) is 54.0 cm³/mol. The Bertz CT molecular complexity index is 452. The smallest absolute Gasteiger partial charge is 0.161 e. The molecule has 1 nitrogen and oxygen atoms in total. The van der Waals surface area contributed by atoms with E-state index in [1.165, 1.54) is 11.3 Å². The topological polar surface area (TPSA) is 12.9 Å². The van der Waals surface area contributed by atoms with E-state index >= 15 is 0 Å². The Kier molecular flexibility index (Phi) is 2.22. The summed E-state index contributed by atoms with van der Waals surface area (Å²) < 4.78 is 13.9. The third-order valence-electron chi connectivity index (χ3n) is 1.80. The Labute approximate surface area is 84.2 Å². The highest BCUT2D eigenvalue weighted by atomic mass is 35.5. The second-order valence-corrected chi connectivity index (χ2v) is 4.16. The van der Waals surface area contributed by atoms with Gasteiger partial charge < -0.3 is 0 Å². The molecule has 1 aromatic heterocycles. The third-order valence-corrected chi connectivity index (χ3v) is 3.30. The number of aryl methyl sites for hydroxylation is 1. The van der Waals surface area contributed by atoms with E-state index in [0.717, 1.165) is 11.4 Å². The number of hydrogen-bond acceptors (Lipinski definition) is 2. The van der Waals surface area contributed by atoms with Crippen LogP contribution in [0.15, 0.2) is 12.1 Å². The lowest BCUT2D eigenvalue weighted by molar-refractivity contribution is 0.642. The largest absolute Gasteiger partial charge is 0.241 e. The molecule has 13 heavy (non-hydrogen) atoms. The standard InChI is InChI=1S/C9H7ClFNS/c1-2-7-12-6-4-3-5(10)8(11)9(6)13-7/h3-4H,2H2,1H3. The summed E-state index contributed by atoms with van der Waals surface area (Å²) >= 11 is 7.01. The number of benzene rings is 1. The van der Waals surface area contributed by atoms with E-state index < -0.39 is 0 Å². The van der Waals surface area contributed by atoms with Crippen molar-refractivity contribution >= 4 is 33.2 Å². The number of thiazole rings is 1. The average molecular weight is 216 g/mol. The van der Waals surface area contributed by atoms with Crippen LogP contribution in [0.2, 0.25) is 5.02 Å². The highest BCUT2D eigenvalue weighted by molar-refractivity contribution is 7.18. The van der Waals surface area contributed by atoms with Gasteiger partial charge in [-0.25, -0.2) is 9.37 Å². The summed E-state index contributed by atoms with van der Waals surface area (Å²) in [5, 5.41) is 1.11. The summed E-state index contributed by atoms with van der Waals surface area (Å²) in [6, 6.07) is 3.29. The van der Waals surface area contributed by atoms with E-state index in [2.05, 4.69) is 4.98 Å². The fraction of sp³-hybridized carbons (Fsp3) is 0.222. The van der Waals surface area contributed by atoms with Gasteiger partial charge in [0.15, 0.2) is 5.82 Å². The van der Waals surface area contributed by atoms with Crippen LogP contribution < -0.4 is 0 Å². The van der Waals surface area contributed by atoms with Crippen LogP contribution in [-0.4, -0.2) is 4.98 Å². The molecule has 0 aliphatic rings. The lowest BCUT2D eigenvalue weighted by Gasteiger charge is -1.92. The average Bonchev–Trinajstić information content (AvgIpc) is 2.55. The minimum atomic E-state index is -0.351. The van der Waals surface area contributed by atoms with Gasteiger partial charge in [-0.05, 0) is 18.6 Å². The van der Waals surface area contributed by atoms with Crippen LogP contribution in [-0.2, 0) is 6.42 Å². The molecule has 0 bridgehead atoms. The fourth-order valence-corrected chi connectivity index (χ4v) is 2.29. The highest BCUT2D eigenvalue weighted by Crippen LogP contribution is 2.29. The molecule has 0 aliphatic heterocycles. The molecule has 0 N–H and O–H groups in total. The maximum Gasteiger partial charge on any atom is 0.161 e. The number of fused-ring (bicyclic) bond motifs is 1. The molecule has 4 heteroatoms. The van der Waals surface area contributed by atoms with Gasteiger partial charge >= 0.3 is 0 Å². The Morgan fingerprint density at radius 1 is 1.54 bits per heavy atom. The zero-order valence-corrected chi connectivity index (χ0v) is 8.55. The number of hydrogen-bond donors (Lipinski definition) is 0. The summed E-state index contributed by atoms with van der Waals surface area (Å²) in [6.45, 7) is 2.00. The van der Waals surface area contributed by atoms with Gasteiger partial charge in [0.05, 0.1) is 20.2 Å². The van der Waals surface area contributed by atoms with Gasteiger partial charge in [-0.3, -0.25) is 0 Å². The van der Waals surface area contributed by atoms with Crippen LogP contribution in [0.25, 0.3) is 10.2 Å². The second kappa shape index (κ2) is 3.24.